The molecule has 0 aliphatic carbocycles. The van der Waals surface area contributed by atoms with Gasteiger partial charge in [0.05, 0.1) is 35.2 Å². The second kappa shape index (κ2) is 13.4. The summed E-state index contributed by atoms with van der Waals surface area (Å²) < 4.78 is 10.8. The molecule has 0 amide bonds. The number of carbonyl (C=O) groups is 3. The van der Waals surface area contributed by atoms with Gasteiger partial charge in [-0.1, -0.05) is 35.9 Å². The minimum atomic E-state index is -2.74. The Labute approximate surface area is 234 Å². The fraction of sp³-hybridized carbons (Fsp3) is 0.333. The monoisotopic (exact) mass is 576 g/mol. The van der Waals surface area contributed by atoms with Crippen LogP contribution < -0.4 is 9.47 Å². The third-order valence-electron chi connectivity index (χ3n) is 5.77. The number of benzene rings is 2. The van der Waals surface area contributed by atoms with Crippen molar-refractivity contribution >= 4 is 40.4 Å². The smallest absolute Gasteiger partial charge is 0.336 e. The molecule has 5 N–H and O–H groups in total. The van der Waals surface area contributed by atoms with Gasteiger partial charge in [-0.3, -0.25) is 14.5 Å². The van der Waals surface area contributed by atoms with E-state index in [1.165, 1.54) is 0 Å². The van der Waals surface area contributed by atoms with Crippen LogP contribution in [0.15, 0.2) is 48.5 Å². The van der Waals surface area contributed by atoms with E-state index in [4.69, 9.17) is 46.5 Å². The number of ether oxygens (including phenoxy) is 2. The molecule has 1 aliphatic heterocycles. The average molecular weight is 577 g/mol. The van der Waals surface area contributed by atoms with Crippen LogP contribution >= 0.6 is 11.6 Å². The zero-order chi connectivity index (χ0) is 29.4. The zero-order valence-corrected chi connectivity index (χ0v) is 22.2. The minimum Gasteiger partial charge on any atom is -0.481 e. The van der Waals surface area contributed by atoms with Crippen LogP contribution in [0.2, 0.25) is 5.02 Å². The first-order valence-corrected chi connectivity index (χ1v) is 12.5. The number of aliphatic hydroxyl groups excluding tert-OH is 1. The molecule has 4 rings (SSSR count). The molecule has 1 atom stereocenters. The summed E-state index contributed by atoms with van der Waals surface area (Å²) in [6, 6.07) is 15.7. The first-order chi connectivity index (χ1) is 18.9. The van der Waals surface area contributed by atoms with E-state index < -0.39 is 42.5 Å². The van der Waals surface area contributed by atoms with Gasteiger partial charge in [-0.15, -0.1) is 0 Å². The molecule has 0 saturated heterocycles. The molecule has 3 aromatic rings. The fourth-order valence-electron chi connectivity index (χ4n) is 4.04. The lowest BCUT2D eigenvalue weighted by Gasteiger charge is -2.24. The molecule has 12 nitrogen and oxygen atoms in total. The lowest BCUT2D eigenvalue weighted by Crippen LogP contribution is -2.42. The average Bonchev–Trinajstić information content (AvgIpc) is 3.31. The predicted molar refractivity (Wildman–Crippen MR) is 142 cm³/mol. The molecular weight excluding hydrogens is 548 g/mol. The Morgan fingerprint density at radius 2 is 1.68 bits per heavy atom. The van der Waals surface area contributed by atoms with Crippen LogP contribution in [0, 0.1) is 0 Å². The molecule has 1 aromatic heterocycles. The second-order valence-electron chi connectivity index (χ2n) is 9.30. The number of carboxylic acids is 3. The maximum absolute atomic E-state index is 10.3. The number of aliphatic carboxylic acids is 3. The largest absolute Gasteiger partial charge is 0.481 e. The van der Waals surface area contributed by atoms with Gasteiger partial charge in [-0.2, -0.15) is 0 Å². The first kappa shape index (κ1) is 30.6. The zero-order valence-electron chi connectivity index (χ0n) is 21.5. The highest BCUT2D eigenvalue weighted by Gasteiger charge is 2.40. The van der Waals surface area contributed by atoms with Gasteiger partial charge in [0, 0.05) is 25.0 Å². The molecule has 0 spiro atoms. The number of para-hydroxylation sites is 1. The molecule has 1 unspecified atom stereocenters. The van der Waals surface area contributed by atoms with Crippen molar-refractivity contribution in [1.29, 1.82) is 0 Å². The highest BCUT2D eigenvalue weighted by Crippen LogP contribution is 2.33. The van der Waals surface area contributed by atoms with Gasteiger partial charge in [-0.25, -0.2) is 9.78 Å². The summed E-state index contributed by atoms with van der Waals surface area (Å²) in [5.41, 5.74) is 0.0740. The summed E-state index contributed by atoms with van der Waals surface area (Å²) in [7, 11) is 0. The van der Waals surface area contributed by atoms with Crippen LogP contribution in [0.1, 0.15) is 31.0 Å². The number of pyridine rings is 1. The van der Waals surface area contributed by atoms with Gasteiger partial charge in [0.1, 0.15) is 0 Å². The summed E-state index contributed by atoms with van der Waals surface area (Å²) in [5, 5.41) is 45.4. The normalized spacial score (nSPS) is 13.0. The summed E-state index contributed by atoms with van der Waals surface area (Å²) in [4.78, 5) is 37.4. The third-order valence-corrected chi connectivity index (χ3v) is 6.07. The Kier molecular flexibility index (Phi) is 10.2. The van der Waals surface area contributed by atoms with E-state index >= 15 is 0 Å². The van der Waals surface area contributed by atoms with Crippen LogP contribution in [0.25, 0.3) is 10.9 Å². The van der Waals surface area contributed by atoms with Crippen molar-refractivity contribution in [3.63, 3.8) is 0 Å². The quantitative estimate of drug-likeness (QED) is 0.225. The number of hydrogen-bond acceptors (Lipinski definition) is 9. The van der Waals surface area contributed by atoms with Crippen molar-refractivity contribution in [3.05, 3.63) is 64.8 Å². The fourth-order valence-corrected chi connectivity index (χ4v) is 4.26. The van der Waals surface area contributed by atoms with E-state index in [1.54, 1.807) is 6.92 Å². The van der Waals surface area contributed by atoms with Gasteiger partial charge in [0.15, 0.2) is 17.1 Å². The molecule has 2 heterocycles. The molecule has 2 aromatic carbocycles. The first-order valence-electron chi connectivity index (χ1n) is 12.1. The number of halogens is 1. The Morgan fingerprint density at radius 3 is 2.30 bits per heavy atom. The van der Waals surface area contributed by atoms with Crippen LogP contribution in [0.5, 0.6) is 11.5 Å². The maximum Gasteiger partial charge on any atom is 0.336 e. The predicted octanol–water partition coefficient (Wildman–Crippen LogP) is 2.75. The molecule has 13 heteroatoms. The Balaban J connectivity index is 0.000000289. The maximum atomic E-state index is 10.3. The summed E-state index contributed by atoms with van der Waals surface area (Å²) in [6.07, 6.45) is -2.73. The summed E-state index contributed by atoms with van der Waals surface area (Å²) >= 11 is 6.29. The van der Waals surface area contributed by atoms with Gasteiger partial charge < -0.3 is 35.0 Å². The van der Waals surface area contributed by atoms with E-state index in [9.17, 15) is 19.5 Å². The molecule has 0 saturated carbocycles. The van der Waals surface area contributed by atoms with Crippen molar-refractivity contribution in [2.24, 2.45) is 0 Å². The topological polar surface area (TPSA) is 187 Å². The Bertz CT molecular complexity index is 1360. The molecule has 0 bridgehead atoms. The molecule has 214 valence electrons. The Morgan fingerprint density at radius 1 is 1.00 bits per heavy atom. The number of nitrogens with zero attached hydrogens (tertiary/aromatic N) is 2. The van der Waals surface area contributed by atoms with E-state index in [0.29, 0.717) is 24.7 Å². The SMILES string of the molecule is CC(O)CN(Cc1ccc2c(c1)OCO2)Cc1ccc2cccc(Cl)c2n1.O=C(O)CC(O)(CC(=O)O)C(=O)O. The van der Waals surface area contributed by atoms with E-state index in [-0.39, 0.29) is 6.79 Å². The molecular formula is C27H29ClN2O10. The number of aliphatic hydroxyl groups is 2. The lowest BCUT2D eigenvalue weighted by atomic mass is 9.96. The molecule has 0 fully saturated rings. The highest BCUT2D eigenvalue weighted by atomic mass is 35.5. The van der Waals surface area contributed by atoms with E-state index in [1.807, 2.05) is 48.5 Å². The molecule has 0 radical (unpaired) electrons. The van der Waals surface area contributed by atoms with Crippen LogP contribution in [-0.4, -0.2) is 78.4 Å². The van der Waals surface area contributed by atoms with Crippen molar-refractivity contribution in [2.75, 3.05) is 13.3 Å². The standard InChI is InChI=1S/C21H21ClN2O3.C6H8O7/c1-14(25)10-24(11-15-5-8-19-20(9-15)27-13-26-19)12-17-7-6-16-3-2-4-18(22)21(16)23-17;7-3(8)1-6(13,5(11)12)2-4(9)10/h2-9,14,25H,10-13H2,1H3;13H,1-2H2,(H,7,8)(H,9,10)(H,11,12). The van der Waals surface area contributed by atoms with Gasteiger partial charge in [0.2, 0.25) is 6.79 Å². The van der Waals surface area contributed by atoms with Crippen molar-refractivity contribution in [1.82, 2.24) is 9.88 Å². The number of carboxylic acid groups (broad SMARTS) is 3. The minimum absolute atomic E-state index is 0.262. The number of rotatable bonds is 11. The Hall–Kier alpha value is -3.97. The lowest BCUT2D eigenvalue weighted by molar-refractivity contribution is -0.170. The van der Waals surface area contributed by atoms with Crippen molar-refractivity contribution in [3.8, 4) is 11.5 Å². The second-order valence-corrected chi connectivity index (χ2v) is 9.71. The van der Waals surface area contributed by atoms with Crippen molar-refractivity contribution in [2.45, 2.75) is 44.6 Å². The molecule has 1 aliphatic rings. The summed E-state index contributed by atoms with van der Waals surface area (Å²) in [5.74, 6) is -3.48. The van der Waals surface area contributed by atoms with Crippen LogP contribution in [-0.2, 0) is 27.5 Å². The van der Waals surface area contributed by atoms with Crippen LogP contribution in [0.4, 0.5) is 0 Å². The number of fused-ring (bicyclic) bond motifs is 2. The third kappa shape index (κ3) is 8.52. The van der Waals surface area contributed by atoms with Gasteiger partial charge in [0.25, 0.3) is 0 Å². The van der Waals surface area contributed by atoms with E-state index in [2.05, 4.69) is 4.90 Å². The highest BCUT2D eigenvalue weighted by molar-refractivity contribution is 6.35. The van der Waals surface area contributed by atoms with Gasteiger partial charge >= 0.3 is 17.9 Å². The summed E-state index contributed by atoms with van der Waals surface area (Å²) in [6.45, 7) is 3.87. The van der Waals surface area contributed by atoms with Crippen molar-refractivity contribution < 1.29 is 49.4 Å². The molecule has 40 heavy (non-hydrogen) atoms. The van der Waals surface area contributed by atoms with Crippen LogP contribution in [0.3, 0.4) is 0 Å². The van der Waals surface area contributed by atoms with Gasteiger partial charge in [-0.05, 0) is 36.8 Å². The van der Waals surface area contributed by atoms with E-state index in [0.717, 1.165) is 33.7 Å². The number of aromatic nitrogens is 1. The number of hydrogen-bond donors (Lipinski definition) is 5.